The summed E-state index contributed by atoms with van der Waals surface area (Å²) in [5.74, 6) is 0.134. The number of H-pyrrole nitrogens is 1. The molecule has 1 aromatic carbocycles. The van der Waals surface area contributed by atoms with Crippen LogP contribution in [0.1, 0.15) is 41.4 Å². The van der Waals surface area contributed by atoms with Crippen molar-refractivity contribution in [2.24, 2.45) is 0 Å². The van der Waals surface area contributed by atoms with Crippen LogP contribution in [0.15, 0.2) is 18.2 Å². The average molecular weight is 258 g/mol. The number of benzene rings is 1. The van der Waals surface area contributed by atoms with Gasteiger partial charge in [0.2, 0.25) is 0 Å². The van der Waals surface area contributed by atoms with Gasteiger partial charge in [0.05, 0.1) is 5.56 Å². The fourth-order valence-corrected chi connectivity index (χ4v) is 2.27. The maximum absolute atomic E-state index is 11.1. The van der Waals surface area contributed by atoms with Gasteiger partial charge in [-0.1, -0.05) is 19.9 Å². The van der Waals surface area contributed by atoms with E-state index in [0.29, 0.717) is 17.2 Å². The molecule has 1 aromatic heterocycles. The van der Waals surface area contributed by atoms with Gasteiger partial charge in [-0.3, -0.25) is 5.10 Å². The number of ether oxygens (including phenoxy) is 1. The Kier molecular flexibility index (Phi) is 2.55. The summed E-state index contributed by atoms with van der Waals surface area (Å²) in [5, 5.41) is 15.8. The summed E-state index contributed by atoms with van der Waals surface area (Å²) >= 11 is 0. The molecule has 2 heterocycles. The number of hydrogen-bond acceptors (Lipinski definition) is 3. The SMILES string of the molecule is CC(C)c1ccc2c(c1)-c1n[nH]c(C(=O)O)c1CO2. The number of rotatable bonds is 2. The van der Waals surface area contributed by atoms with Crippen LogP contribution in [0.2, 0.25) is 0 Å². The van der Waals surface area contributed by atoms with Crippen LogP contribution < -0.4 is 4.74 Å². The predicted molar refractivity (Wildman–Crippen MR) is 69.4 cm³/mol. The summed E-state index contributed by atoms with van der Waals surface area (Å²) < 4.78 is 5.61. The molecule has 0 unspecified atom stereocenters. The molecule has 19 heavy (non-hydrogen) atoms. The molecule has 0 amide bonds. The molecule has 0 aliphatic carbocycles. The van der Waals surface area contributed by atoms with E-state index in [1.165, 1.54) is 5.56 Å². The number of hydrogen-bond donors (Lipinski definition) is 2. The molecule has 0 atom stereocenters. The van der Waals surface area contributed by atoms with E-state index in [1.807, 2.05) is 18.2 Å². The molecule has 2 N–H and O–H groups in total. The molecule has 1 aliphatic heterocycles. The highest BCUT2D eigenvalue weighted by Crippen LogP contribution is 2.38. The number of aromatic nitrogens is 2. The summed E-state index contributed by atoms with van der Waals surface area (Å²) in [7, 11) is 0. The third-order valence-corrected chi connectivity index (χ3v) is 3.38. The summed E-state index contributed by atoms with van der Waals surface area (Å²) in [4.78, 5) is 11.1. The van der Waals surface area contributed by atoms with Crippen LogP contribution in [0, 0.1) is 0 Å². The second-order valence-corrected chi connectivity index (χ2v) is 4.93. The largest absolute Gasteiger partial charge is 0.488 e. The van der Waals surface area contributed by atoms with Crippen molar-refractivity contribution in [1.29, 1.82) is 0 Å². The zero-order valence-corrected chi connectivity index (χ0v) is 10.7. The third-order valence-electron chi connectivity index (χ3n) is 3.38. The first-order valence-electron chi connectivity index (χ1n) is 6.15. The van der Waals surface area contributed by atoms with Crippen LogP contribution in [0.25, 0.3) is 11.3 Å². The highest BCUT2D eigenvalue weighted by atomic mass is 16.5. The van der Waals surface area contributed by atoms with Crippen LogP contribution in [-0.2, 0) is 6.61 Å². The number of nitrogens with one attached hydrogen (secondary N) is 1. The predicted octanol–water partition coefficient (Wildman–Crippen LogP) is 2.79. The monoisotopic (exact) mass is 258 g/mol. The molecule has 2 aromatic rings. The van der Waals surface area contributed by atoms with Gasteiger partial charge >= 0.3 is 5.97 Å². The van der Waals surface area contributed by atoms with Crippen LogP contribution >= 0.6 is 0 Å². The Morgan fingerprint density at radius 1 is 1.47 bits per heavy atom. The van der Waals surface area contributed by atoms with Gasteiger partial charge in [0, 0.05) is 5.56 Å². The van der Waals surface area contributed by atoms with Gasteiger partial charge in [0.15, 0.2) is 5.69 Å². The first-order valence-corrected chi connectivity index (χ1v) is 6.15. The Morgan fingerprint density at radius 3 is 2.95 bits per heavy atom. The second-order valence-electron chi connectivity index (χ2n) is 4.93. The van der Waals surface area contributed by atoms with Crippen molar-refractivity contribution in [3.05, 3.63) is 35.0 Å². The standard InChI is InChI=1S/C14H14N2O3/c1-7(2)8-3-4-11-9(5-8)12-10(6-19-11)13(14(17)18)16-15-12/h3-5,7H,6H2,1-2H3,(H,15,16)(H,17,18). The minimum atomic E-state index is -1.01. The van der Waals surface area contributed by atoms with Crippen molar-refractivity contribution in [3.8, 4) is 17.0 Å². The van der Waals surface area contributed by atoms with E-state index in [2.05, 4.69) is 24.0 Å². The molecule has 3 rings (SSSR count). The normalized spacial score (nSPS) is 12.8. The molecule has 0 fully saturated rings. The number of carboxylic acids is 1. The van der Waals surface area contributed by atoms with E-state index < -0.39 is 5.97 Å². The quantitative estimate of drug-likeness (QED) is 0.868. The van der Waals surface area contributed by atoms with Gasteiger partial charge in [-0.25, -0.2) is 4.79 Å². The zero-order valence-electron chi connectivity index (χ0n) is 10.7. The minimum Gasteiger partial charge on any atom is -0.488 e. The van der Waals surface area contributed by atoms with E-state index in [1.54, 1.807) is 0 Å². The lowest BCUT2D eigenvalue weighted by molar-refractivity contribution is 0.0687. The fraction of sp³-hybridized carbons (Fsp3) is 0.286. The zero-order chi connectivity index (χ0) is 13.6. The number of fused-ring (bicyclic) bond motifs is 3. The van der Waals surface area contributed by atoms with Crippen LogP contribution in [0.4, 0.5) is 0 Å². The van der Waals surface area contributed by atoms with Crippen LogP contribution in [0.5, 0.6) is 5.75 Å². The van der Waals surface area contributed by atoms with E-state index in [-0.39, 0.29) is 12.3 Å². The lowest BCUT2D eigenvalue weighted by Crippen LogP contribution is -2.09. The summed E-state index contributed by atoms with van der Waals surface area (Å²) in [6, 6.07) is 5.96. The maximum Gasteiger partial charge on any atom is 0.354 e. The molecule has 5 nitrogen and oxygen atoms in total. The molecule has 0 radical (unpaired) electrons. The molecule has 0 saturated heterocycles. The molecule has 98 valence electrons. The molecule has 0 bridgehead atoms. The Morgan fingerprint density at radius 2 is 2.26 bits per heavy atom. The Bertz CT molecular complexity index is 659. The molecular formula is C14H14N2O3. The van der Waals surface area contributed by atoms with Crippen LogP contribution in [-0.4, -0.2) is 21.3 Å². The molecule has 5 heteroatoms. The van der Waals surface area contributed by atoms with E-state index >= 15 is 0 Å². The minimum absolute atomic E-state index is 0.107. The van der Waals surface area contributed by atoms with Gasteiger partial charge in [-0.05, 0) is 23.6 Å². The Labute approximate surface area is 110 Å². The van der Waals surface area contributed by atoms with Gasteiger partial charge in [-0.15, -0.1) is 0 Å². The molecule has 0 spiro atoms. The Hall–Kier alpha value is -2.30. The lowest BCUT2D eigenvalue weighted by atomic mass is 9.96. The topological polar surface area (TPSA) is 75.2 Å². The summed E-state index contributed by atoms with van der Waals surface area (Å²) in [5.41, 5.74) is 3.43. The first-order chi connectivity index (χ1) is 9.08. The number of carboxylic acid groups (broad SMARTS) is 1. The van der Waals surface area contributed by atoms with Gasteiger partial charge in [0.25, 0.3) is 0 Å². The second kappa shape index (κ2) is 4.12. The molecular weight excluding hydrogens is 244 g/mol. The van der Waals surface area contributed by atoms with Gasteiger partial charge in [0.1, 0.15) is 18.1 Å². The van der Waals surface area contributed by atoms with Crippen molar-refractivity contribution in [3.63, 3.8) is 0 Å². The van der Waals surface area contributed by atoms with Crippen LogP contribution in [0.3, 0.4) is 0 Å². The number of aromatic amines is 1. The maximum atomic E-state index is 11.1. The van der Waals surface area contributed by atoms with Crippen molar-refractivity contribution < 1.29 is 14.6 Å². The van der Waals surface area contributed by atoms with E-state index in [9.17, 15) is 4.79 Å². The Balaban J connectivity index is 2.17. The third kappa shape index (κ3) is 1.78. The summed E-state index contributed by atoms with van der Waals surface area (Å²) in [6.07, 6.45) is 0. The van der Waals surface area contributed by atoms with Crippen molar-refractivity contribution in [2.45, 2.75) is 26.4 Å². The van der Waals surface area contributed by atoms with E-state index in [4.69, 9.17) is 9.84 Å². The molecule has 0 saturated carbocycles. The smallest absolute Gasteiger partial charge is 0.354 e. The number of carbonyl (C=O) groups is 1. The van der Waals surface area contributed by atoms with Crippen molar-refractivity contribution in [2.75, 3.05) is 0 Å². The average Bonchev–Trinajstić information content (AvgIpc) is 2.82. The number of nitrogens with zero attached hydrogens (tertiary/aromatic N) is 1. The lowest BCUT2D eigenvalue weighted by Gasteiger charge is -2.18. The van der Waals surface area contributed by atoms with Crippen molar-refractivity contribution in [1.82, 2.24) is 10.2 Å². The highest BCUT2D eigenvalue weighted by molar-refractivity contribution is 5.90. The van der Waals surface area contributed by atoms with Crippen molar-refractivity contribution >= 4 is 5.97 Å². The summed E-state index contributed by atoms with van der Waals surface area (Å²) in [6.45, 7) is 4.46. The molecule has 1 aliphatic rings. The fourth-order valence-electron chi connectivity index (χ4n) is 2.27. The first kappa shape index (κ1) is 11.8. The van der Waals surface area contributed by atoms with Gasteiger partial charge in [-0.2, -0.15) is 5.10 Å². The van der Waals surface area contributed by atoms with Gasteiger partial charge < -0.3 is 9.84 Å². The highest BCUT2D eigenvalue weighted by Gasteiger charge is 2.26. The number of aromatic carboxylic acids is 1. The van der Waals surface area contributed by atoms with E-state index in [0.717, 1.165) is 11.3 Å².